The van der Waals surface area contributed by atoms with Gasteiger partial charge in [-0.25, -0.2) is 4.98 Å². The number of carbonyl (C=O) groups excluding carboxylic acids is 1. The Morgan fingerprint density at radius 1 is 1.36 bits per heavy atom. The average Bonchev–Trinajstić information content (AvgIpc) is 3.30. The quantitative estimate of drug-likeness (QED) is 0.716. The Morgan fingerprint density at radius 3 is 2.88 bits per heavy atom. The van der Waals surface area contributed by atoms with Crippen molar-refractivity contribution in [2.24, 2.45) is 5.73 Å². The second-order valence-electron chi connectivity index (χ2n) is 5.68. The number of nitrogens with two attached hydrogens (primary N) is 1. The SMILES string of the molecule is Cl.Cl.NCc1cc(C(=O)N2CCCC2c2nc3ccccc3s2)co1. The number of hydrogen-bond donors (Lipinski definition) is 1. The fourth-order valence-electron chi connectivity index (χ4n) is 3.06. The van der Waals surface area contributed by atoms with Gasteiger partial charge in [-0.1, -0.05) is 12.1 Å². The minimum absolute atomic E-state index is 0. The van der Waals surface area contributed by atoms with Crippen molar-refractivity contribution in [3.05, 3.63) is 52.9 Å². The molecule has 4 rings (SSSR count). The molecule has 0 spiro atoms. The third kappa shape index (κ3) is 3.67. The van der Waals surface area contributed by atoms with Crippen LogP contribution in [0.2, 0.25) is 0 Å². The van der Waals surface area contributed by atoms with Crippen molar-refractivity contribution in [3.8, 4) is 0 Å². The monoisotopic (exact) mass is 399 g/mol. The highest BCUT2D eigenvalue weighted by Gasteiger charge is 2.33. The van der Waals surface area contributed by atoms with Crippen LogP contribution in [-0.4, -0.2) is 22.3 Å². The molecule has 0 radical (unpaired) electrons. The lowest BCUT2D eigenvalue weighted by molar-refractivity contribution is 0.0735. The van der Waals surface area contributed by atoms with Gasteiger partial charge in [0.2, 0.25) is 0 Å². The van der Waals surface area contributed by atoms with Crippen molar-refractivity contribution in [1.29, 1.82) is 0 Å². The zero-order valence-electron chi connectivity index (χ0n) is 13.4. The highest BCUT2D eigenvalue weighted by Crippen LogP contribution is 2.37. The first-order valence-corrected chi connectivity index (χ1v) is 8.52. The number of carbonyl (C=O) groups is 1. The molecule has 2 aromatic heterocycles. The fraction of sp³-hybridized carbons (Fsp3) is 0.294. The number of amides is 1. The van der Waals surface area contributed by atoms with E-state index in [4.69, 9.17) is 15.1 Å². The summed E-state index contributed by atoms with van der Waals surface area (Å²) in [6.07, 6.45) is 3.44. The number of hydrogen-bond acceptors (Lipinski definition) is 5. The number of aromatic nitrogens is 1. The van der Waals surface area contributed by atoms with Crippen LogP contribution in [0.1, 0.15) is 40.0 Å². The number of nitrogens with zero attached hydrogens (tertiary/aromatic N) is 2. The first-order valence-electron chi connectivity index (χ1n) is 7.70. The molecule has 25 heavy (non-hydrogen) atoms. The molecule has 1 saturated heterocycles. The highest BCUT2D eigenvalue weighted by molar-refractivity contribution is 7.18. The van der Waals surface area contributed by atoms with E-state index in [1.165, 1.54) is 6.26 Å². The van der Waals surface area contributed by atoms with Gasteiger partial charge in [-0.3, -0.25) is 4.79 Å². The maximum atomic E-state index is 12.8. The lowest BCUT2D eigenvalue weighted by atomic mass is 10.2. The summed E-state index contributed by atoms with van der Waals surface area (Å²) >= 11 is 1.67. The summed E-state index contributed by atoms with van der Waals surface area (Å²) in [6, 6.07) is 9.87. The molecule has 5 nitrogen and oxygen atoms in total. The van der Waals surface area contributed by atoms with Gasteiger partial charge in [-0.2, -0.15) is 0 Å². The zero-order chi connectivity index (χ0) is 15.8. The van der Waals surface area contributed by atoms with Gasteiger partial charge >= 0.3 is 0 Å². The summed E-state index contributed by atoms with van der Waals surface area (Å²) in [5.41, 5.74) is 7.12. The maximum Gasteiger partial charge on any atom is 0.257 e. The van der Waals surface area contributed by atoms with Gasteiger partial charge in [0, 0.05) is 6.54 Å². The third-order valence-electron chi connectivity index (χ3n) is 4.21. The molecular weight excluding hydrogens is 381 g/mol. The molecule has 0 bridgehead atoms. The summed E-state index contributed by atoms with van der Waals surface area (Å²) in [5.74, 6) is 0.624. The number of furan rings is 1. The summed E-state index contributed by atoms with van der Waals surface area (Å²) in [4.78, 5) is 19.4. The molecule has 134 valence electrons. The van der Waals surface area contributed by atoms with Gasteiger partial charge in [0.25, 0.3) is 5.91 Å². The van der Waals surface area contributed by atoms with Crippen molar-refractivity contribution in [2.75, 3.05) is 6.54 Å². The molecule has 1 atom stereocenters. The lowest BCUT2D eigenvalue weighted by Crippen LogP contribution is -2.30. The number of para-hydroxylation sites is 1. The van der Waals surface area contributed by atoms with E-state index in [-0.39, 0.29) is 36.8 Å². The second-order valence-corrected chi connectivity index (χ2v) is 6.74. The van der Waals surface area contributed by atoms with Gasteiger partial charge in [0.05, 0.1) is 28.4 Å². The van der Waals surface area contributed by atoms with Crippen LogP contribution in [0, 0.1) is 0 Å². The molecular formula is C17H19Cl2N3O2S. The molecule has 1 aromatic carbocycles. The maximum absolute atomic E-state index is 12.8. The van der Waals surface area contributed by atoms with Gasteiger partial charge in [0.1, 0.15) is 17.0 Å². The van der Waals surface area contributed by atoms with Gasteiger partial charge < -0.3 is 15.1 Å². The van der Waals surface area contributed by atoms with Crippen LogP contribution < -0.4 is 5.73 Å². The summed E-state index contributed by atoms with van der Waals surface area (Å²) in [6.45, 7) is 1.05. The zero-order valence-corrected chi connectivity index (χ0v) is 15.8. The van der Waals surface area contributed by atoms with E-state index in [2.05, 4.69) is 6.07 Å². The Balaban J connectivity index is 0.00000113. The molecule has 1 amide bonds. The van der Waals surface area contributed by atoms with Crippen molar-refractivity contribution >= 4 is 52.3 Å². The number of thiazole rings is 1. The van der Waals surface area contributed by atoms with E-state index in [0.29, 0.717) is 17.9 Å². The molecule has 1 aliphatic rings. The van der Waals surface area contributed by atoms with Crippen LogP contribution in [0.3, 0.4) is 0 Å². The molecule has 3 aromatic rings. The Hall–Kier alpha value is -1.60. The predicted octanol–water partition coefficient (Wildman–Crippen LogP) is 4.17. The highest BCUT2D eigenvalue weighted by atomic mass is 35.5. The molecule has 8 heteroatoms. The Morgan fingerprint density at radius 2 is 2.16 bits per heavy atom. The average molecular weight is 400 g/mol. The van der Waals surface area contributed by atoms with E-state index in [1.54, 1.807) is 17.4 Å². The molecule has 3 heterocycles. The Labute approximate surface area is 162 Å². The van der Waals surface area contributed by atoms with Gasteiger partial charge in [-0.15, -0.1) is 36.2 Å². The number of benzene rings is 1. The van der Waals surface area contributed by atoms with E-state index < -0.39 is 0 Å². The van der Waals surface area contributed by atoms with Crippen molar-refractivity contribution in [1.82, 2.24) is 9.88 Å². The predicted molar refractivity (Wildman–Crippen MR) is 104 cm³/mol. The molecule has 1 aliphatic heterocycles. The molecule has 1 fully saturated rings. The fourth-order valence-corrected chi connectivity index (χ4v) is 4.18. The van der Waals surface area contributed by atoms with Crippen LogP contribution in [-0.2, 0) is 6.54 Å². The largest absolute Gasteiger partial charge is 0.467 e. The summed E-state index contributed by atoms with van der Waals surface area (Å²) in [7, 11) is 0. The molecule has 2 N–H and O–H groups in total. The minimum atomic E-state index is -0.00444. The lowest BCUT2D eigenvalue weighted by Gasteiger charge is -2.22. The van der Waals surface area contributed by atoms with Crippen molar-refractivity contribution in [2.45, 2.75) is 25.4 Å². The summed E-state index contributed by atoms with van der Waals surface area (Å²) < 4.78 is 6.46. The van der Waals surface area contributed by atoms with E-state index >= 15 is 0 Å². The number of halogens is 2. The van der Waals surface area contributed by atoms with Crippen LogP contribution in [0.25, 0.3) is 10.2 Å². The van der Waals surface area contributed by atoms with Crippen LogP contribution in [0.5, 0.6) is 0 Å². The van der Waals surface area contributed by atoms with Crippen LogP contribution in [0.15, 0.2) is 41.0 Å². The Bertz CT molecular complexity index is 831. The molecule has 0 saturated carbocycles. The molecule has 1 unspecified atom stereocenters. The van der Waals surface area contributed by atoms with E-state index in [0.717, 1.165) is 34.6 Å². The Kier molecular flexibility index (Phi) is 6.46. The first kappa shape index (κ1) is 19.7. The van der Waals surface area contributed by atoms with Crippen molar-refractivity contribution < 1.29 is 9.21 Å². The van der Waals surface area contributed by atoms with Crippen molar-refractivity contribution in [3.63, 3.8) is 0 Å². The van der Waals surface area contributed by atoms with Gasteiger partial charge in [0.15, 0.2) is 0 Å². The third-order valence-corrected chi connectivity index (χ3v) is 5.35. The summed E-state index contributed by atoms with van der Waals surface area (Å²) in [5, 5.41) is 1.01. The number of rotatable bonds is 3. The first-order chi connectivity index (χ1) is 11.3. The van der Waals surface area contributed by atoms with E-state index in [1.807, 2.05) is 23.1 Å². The number of fused-ring (bicyclic) bond motifs is 1. The van der Waals surface area contributed by atoms with Crippen LogP contribution >= 0.6 is 36.2 Å². The van der Waals surface area contributed by atoms with E-state index in [9.17, 15) is 4.79 Å². The topological polar surface area (TPSA) is 72.4 Å². The smallest absolute Gasteiger partial charge is 0.257 e. The minimum Gasteiger partial charge on any atom is -0.467 e. The number of likely N-dealkylation sites (tertiary alicyclic amines) is 1. The normalized spacial score (nSPS) is 16.5. The standard InChI is InChI=1S/C17H17N3O2S.2ClH/c18-9-12-8-11(10-22-12)17(21)20-7-3-5-14(20)16-19-13-4-1-2-6-15(13)23-16;;/h1-2,4,6,8,10,14H,3,5,7,9,18H2;2*1H. The molecule has 0 aliphatic carbocycles. The van der Waals surface area contributed by atoms with Gasteiger partial charge in [-0.05, 0) is 31.0 Å². The second kappa shape index (κ2) is 8.19. The van der Waals surface area contributed by atoms with Crippen LogP contribution in [0.4, 0.5) is 0 Å².